The summed E-state index contributed by atoms with van der Waals surface area (Å²) >= 11 is 0. The Balaban J connectivity index is 1.97. The maximum atomic E-state index is 6.19. The Kier molecular flexibility index (Phi) is 5.67. The van der Waals surface area contributed by atoms with E-state index in [-0.39, 0.29) is 5.54 Å². The van der Waals surface area contributed by atoms with Crippen molar-refractivity contribution in [2.24, 2.45) is 11.7 Å². The van der Waals surface area contributed by atoms with Crippen molar-refractivity contribution in [3.05, 3.63) is 0 Å². The molecule has 0 aromatic carbocycles. The zero-order chi connectivity index (χ0) is 13.7. The van der Waals surface area contributed by atoms with Gasteiger partial charge >= 0.3 is 0 Å². The summed E-state index contributed by atoms with van der Waals surface area (Å²) in [7, 11) is 0. The summed E-state index contributed by atoms with van der Waals surface area (Å²) in [6, 6.07) is 0. The first-order chi connectivity index (χ1) is 9.20. The molecule has 3 atom stereocenters. The second-order valence-electron chi connectivity index (χ2n) is 6.71. The fraction of sp³-hybridized carbons (Fsp3) is 1.00. The van der Waals surface area contributed by atoms with Crippen LogP contribution < -0.4 is 5.73 Å². The van der Waals surface area contributed by atoms with Crippen LogP contribution in [0, 0.1) is 5.92 Å². The largest absolute Gasteiger partial charge is 0.377 e. The molecule has 112 valence electrons. The minimum absolute atomic E-state index is 0.270. The second kappa shape index (κ2) is 7.05. The number of ether oxygens (including phenoxy) is 1. The summed E-state index contributed by atoms with van der Waals surface area (Å²) in [5, 5.41) is 0. The van der Waals surface area contributed by atoms with Crippen molar-refractivity contribution in [1.82, 2.24) is 4.90 Å². The van der Waals surface area contributed by atoms with E-state index < -0.39 is 0 Å². The summed E-state index contributed by atoms with van der Waals surface area (Å²) in [4.78, 5) is 2.67. The number of piperidine rings is 1. The van der Waals surface area contributed by atoms with Crippen LogP contribution in [0.5, 0.6) is 0 Å². The molecular formula is C16H32N2O. The summed E-state index contributed by atoms with van der Waals surface area (Å²) in [5.41, 5.74) is 6.46. The number of nitrogens with zero attached hydrogens (tertiary/aromatic N) is 1. The van der Waals surface area contributed by atoms with Crippen LogP contribution in [0.3, 0.4) is 0 Å². The molecule has 0 bridgehead atoms. The normalized spacial score (nSPS) is 37.4. The molecule has 1 aliphatic heterocycles. The fourth-order valence-corrected chi connectivity index (χ4v) is 4.02. The lowest BCUT2D eigenvalue weighted by Gasteiger charge is -2.50. The first kappa shape index (κ1) is 15.3. The Morgan fingerprint density at radius 3 is 2.84 bits per heavy atom. The van der Waals surface area contributed by atoms with Gasteiger partial charge in [-0.3, -0.25) is 4.90 Å². The van der Waals surface area contributed by atoms with E-state index in [4.69, 9.17) is 10.5 Å². The molecule has 2 N–H and O–H groups in total. The van der Waals surface area contributed by atoms with Crippen molar-refractivity contribution >= 4 is 0 Å². The molecule has 1 aliphatic carbocycles. The average Bonchev–Trinajstić information content (AvgIpc) is 2.45. The molecule has 0 aromatic heterocycles. The van der Waals surface area contributed by atoms with E-state index in [1.165, 1.54) is 45.1 Å². The molecule has 0 aromatic rings. The average molecular weight is 268 g/mol. The van der Waals surface area contributed by atoms with E-state index in [9.17, 15) is 0 Å². The fourth-order valence-electron chi connectivity index (χ4n) is 4.02. The monoisotopic (exact) mass is 268 g/mol. The van der Waals surface area contributed by atoms with Crippen molar-refractivity contribution in [1.29, 1.82) is 0 Å². The molecule has 3 nitrogen and oxygen atoms in total. The Morgan fingerprint density at radius 2 is 2.16 bits per heavy atom. The molecule has 0 spiro atoms. The number of hydrogen-bond donors (Lipinski definition) is 1. The highest BCUT2D eigenvalue weighted by Gasteiger charge is 2.40. The van der Waals surface area contributed by atoms with Gasteiger partial charge in [0.2, 0.25) is 0 Å². The molecule has 0 amide bonds. The van der Waals surface area contributed by atoms with Crippen molar-refractivity contribution in [2.75, 3.05) is 26.2 Å². The Labute approximate surface area is 118 Å². The van der Waals surface area contributed by atoms with E-state index in [0.29, 0.717) is 6.10 Å². The molecule has 3 unspecified atom stereocenters. The molecule has 3 heteroatoms. The predicted molar refractivity (Wildman–Crippen MR) is 80.3 cm³/mol. The van der Waals surface area contributed by atoms with Gasteiger partial charge in [0.1, 0.15) is 0 Å². The van der Waals surface area contributed by atoms with Gasteiger partial charge in [-0.05, 0) is 44.6 Å². The highest BCUT2D eigenvalue weighted by molar-refractivity contribution is 4.97. The molecular weight excluding hydrogens is 236 g/mol. The molecule has 2 fully saturated rings. The number of nitrogens with two attached hydrogens (primary N) is 1. The molecule has 1 saturated heterocycles. The highest BCUT2D eigenvalue weighted by atomic mass is 16.5. The minimum Gasteiger partial charge on any atom is -0.377 e. The lowest BCUT2D eigenvalue weighted by molar-refractivity contribution is -0.0517. The standard InChI is InChI=1S/C16H32N2O/c1-3-10-19-15-7-5-9-18(12-15)16(13-17)8-4-6-14(2)11-16/h14-15H,3-13,17H2,1-2H3. The first-order valence-corrected chi connectivity index (χ1v) is 8.27. The van der Waals surface area contributed by atoms with Gasteiger partial charge in [-0.15, -0.1) is 0 Å². The molecule has 1 heterocycles. The van der Waals surface area contributed by atoms with Crippen LogP contribution in [0.4, 0.5) is 0 Å². The van der Waals surface area contributed by atoms with E-state index in [1.807, 2.05) is 0 Å². The van der Waals surface area contributed by atoms with Crippen LogP contribution in [0.2, 0.25) is 0 Å². The highest BCUT2D eigenvalue weighted by Crippen LogP contribution is 2.37. The third-order valence-corrected chi connectivity index (χ3v) is 5.05. The molecule has 0 radical (unpaired) electrons. The molecule has 1 saturated carbocycles. The van der Waals surface area contributed by atoms with E-state index in [2.05, 4.69) is 18.7 Å². The van der Waals surface area contributed by atoms with Crippen LogP contribution in [0.25, 0.3) is 0 Å². The third-order valence-electron chi connectivity index (χ3n) is 5.05. The lowest BCUT2D eigenvalue weighted by atomic mass is 9.74. The van der Waals surface area contributed by atoms with Crippen LogP contribution in [0.15, 0.2) is 0 Å². The summed E-state index contributed by atoms with van der Waals surface area (Å²) < 4.78 is 5.99. The zero-order valence-electron chi connectivity index (χ0n) is 12.9. The second-order valence-corrected chi connectivity index (χ2v) is 6.71. The van der Waals surface area contributed by atoms with E-state index >= 15 is 0 Å². The maximum Gasteiger partial charge on any atom is 0.0702 e. The first-order valence-electron chi connectivity index (χ1n) is 8.27. The zero-order valence-corrected chi connectivity index (χ0v) is 12.9. The van der Waals surface area contributed by atoms with Crippen LogP contribution >= 0.6 is 0 Å². The van der Waals surface area contributed by atoms with Crippen molar-refractivity contribution in [3.8, 4) is 0 Å². The molecule has 19 heavy (non-hydrogen) atoms. The number of hydrogen-bond acceptors (Lipinski definition) is 3. The van der Waals surface area contributed by atoms with Gasteiger partial charge < -0.3 is 10.5 Å². The predicted octanol–water partition coefficient (Wildman–Crippen LogP) is 2.79. The van der Waals surface area contributed by atoms with Gasteiger partial charge in [0.15, 0.2) is 0 Å². The van der Waals surface area contributed by atoms with Gasteiger partial charge in [0.05, 0.1) is 6.10 Å². The Bertz CT molecular complexity index is 271. The minimum atomic E-state index is 0.270. The van der Waals surface area contributed by atoms with Gasteiger partial charge in [0.25, 0.3) is 0 Å². The van der Waals surface area contributed by atoms with Crippen molar-refractivity contribution in [2.45, 2.75) is 70.4 Å². The Hall–Kier alpha value is -0.120. The summed E-state index contributed by atoms with van der Waals surface area (Å²) in [6.45, 7) is 8.62. The quantitative estimate of drug-likeness (QED) is 0.833. The van der Waals surface area contributed by atoms with Crippen LogP contribution in [0.1, 0.15) is 58.8 Å². The molecule has 2 aliphatic rings. The summed E-state index contributed by atoms with van der Waals surface area (Å²) in [6.07, 6.45) is 9.35. The SMILES string of the molecule is CCCOC1CCCN(C2(CN)CCCC(C)C2)C1. The number of likely N-dealkylation sites (tertiary alicyclic amines) is 1. The van der Waals surface area contributed by atoms with Gasteiger partial charge in [-0.2, -0.15) is 0 Å². The third kappa shape index (κ3) is 3.71. The van der Waals surface area contributed by atoms with Gasteiger partial charge in [0, 0.05) is 25.2 Å². The summed E-state index contributed by atoms with van der Waals surface area (Å²) in [5.74, 6) is 0.828. The van der Waals surface area contributed by atoms with E-state index in [1.54, 1.807) is 0 Å². The number of rotatable bonds is 5. The van der Waals surface area contributed by atoms with Gasteiger partial charge in [-0.1, -0.05) is 26.7 Å². The smallest absolute Gasteiger partial charge is 0.0702 e. The van der Waals surface area contributed by atoms with E-state index in [0.717, 1.165) is 32.0 Å². The van der Waals surface area contributed by atoms with Crippen molar-refractivity contribution in [3.63, 3.8) is 0 Å². The van der Waals surface area contributed by atoms with Crippen molar-refractivity contribution < 1.29 is 4.74 Å². The van der Waals surface area contributed by atoms with Crippen LogP contribution in [-0.2, 0) is 4.74 Å². The topological polar surface area (TPSA) is 38.5 Å². The maximum absolute atomic E-state index is 6.19. The van der Waals surface area contributed by atoms with Crippen LogP contribution in [-0.4, -0.2) is 42.8 Å². The van der Waals surface area contributed by atoms with Gasteiger partial charge in [-0.25, -0.2) is 0 Å². The molecule has 2 rings (SSSR count). The lowest BCUT2D eigenvalue weighted by Crippen LogP contribution is -2.59. The Morgan fingerprint density at radius 1 is 1.32 bits per heavy atom.